The zero-order valence-corrected chi connectivity index (χ0v) is 21.8. The van der Waals surface area contributed by atoms with E-state index in [2.05, 4.69) is 16.0 Å². The molecule has 0 bridgehead atoms. The van der Waals surface area contributed by atoms with E-state index in [4.69, 9.17) is 4.74 Å². The highest BCUT2D eigenvalue weighted by Crippen LogP contribution is 2.30. The van der Waals surface area contributed by atoms with Crippen LogP contribution in [0, 0.1) is 17.8 Å². The Balaban J connectivity index is 2.31. The molecule has 0 spiro atoms. The van der Waals surface area contributed by atoms with Crippen LogP contribution in [-0.4, -0.2) is 48.9 Å². The highest BCUT2D eigenvalue weighted by molar-refractivity contribution is 6.07. The van der Waals surface area contributed by atoms with Gasteiger partial charge in [-0.1, -0.05) is 59.7 Å². The largest absolute Gasteiger partial charge is 0.467 e. The van der Waals surface area contributed by atoms with E-state index in [9.17, 15) is 19.2 Å². The molecule has 35 heavy (non-hydrogen) atoms. The molecule has 1 aromatic carbocycles. The third-order valence-electron chi connectivity index (χ3n) is 5.91. The van der Waals surface area contributed by atoms with Crippen molar-refractivity contribution in [1.29, 1.82) is 0 Å². The molecular weight excluding hydrogens is 446 g/mol. The molecule has 8 heteroatoms. The van der Waals surface area contributed by atoms with Crippen molar-refractivity contribution in [2.45, 2.75) is 72.5 Å². The molecule has 3 atom stereocenters. The average molecular weight is 486 g/mol. The summed E-state index contributed by atoms with van der Waals surface area (Å²) in [6.45, 7) is 11.8. The smallest absolute Gasteiger partial charge is 0.328 e. The lowest BCUT2D eigenvalue weighted by Gasteiger charge is -2.31. The summed E-state index contributed by atoms with van der Waals surface area (Å²) in [7, 11) is 1.29. The Kier molecular flexibility index (Phi) is 10.0. The maximum absolute atomic E-state index is 13.1. The first-order valence-corrected chi connectivity index (χ1v) is 12.2. The second-order valence-corrected chi connectivity index (χ2v) is 10.2. The van der Waals surface area contributed by atoms with Gasteiger partial charge in [-0.3, -0.25) is 14.4 Å². The van der Waals surface area contributed by atoms with Crippen molar-refractivity contribution >= 4 is 29.3 Å². The molecule has 0 fully saturated rings. The highest BCUT2D eigenvalue weighted by Gasteiger charge is 2.32. The molecule has 1 aliphatic heterocycles. The van der Waals surface area contributed by atoms with Crippen molar-refractivity contribution in [2.24, 2.45) is 17.8 Å². The van der Waals surface area contributed by atoms with Crippen molar-refractivity contribution in [3.63, 3.8) is 0 Å². The van der Waals surface area contributed by atoms with Crippen molar-refractivity contribution in [3.05, 3.63) is 41.5 Å². The Morgan fingerprint density at radius 3 is 2.06 bits per heavy atom. The van der Waals surface area contributed by atoms with E-state index in [1.165, 1.54) is 13.2 Å². The second kappa shape index (κ2) is 12.5. The first-order chi connectivity index (χ1) is 16.4. The van der Waals surface area contributed by atoms with Crippen LogP contribution in [0.2, 0.25) is 0 Å². The maximum atomic E-state index is 13.1. The van der Waals surface area contributed by atoms with Crippen molar-refractivity contribution in [3.8, 4) is 0 Å². The summed E-state index contributed by atoms with van der Waals surface area (Å²) >= 11 is 0. The second-order valence-electron chi connectivity index (χ2n) is 10.2. The van der Waals surface area contributed by atoms with Gasteiger partial charge in [0.25, 0.3) is 5.91 Å². The molecule has 0 aromatic heterocycles. The number of carbonyl (C=O) groups is 4. The van der Waals surface area contributed by atoms with Crippen LogP contribution in [-0.2, 0) is 19.1 Å². The van der Waals surface area contributed by atoms with Gasteiger partial charge in [-0.2, -0.15) is 0 Å². The number of esters is 1. The van der Waals surface area contributed by atoms with Gasteiger partial charge in [-0.05, 0) is 47.8 Å². The average Bonchev–Trinajstić information content (AvgIpc) is 2.78. The quantitative estimate of drug-likeness (QED) is 0.348. The molecule has 1 aromatic rings. The van der Waals surface area contributed by atoms with Gasteiger partial charge in [0, 0.05) is 11.6 Å². The van der Waals surface area contributed by atoms with Gasteiger partial charge in [0.05, 0.1) is 13.2 Å². The number of nitrogens with one attached hydrogen (secondary N) is 3. The SMILES string of the molecule is COC(=O)[C@H](CC(C)C)NC(=O)[C@H](CC(C)C)NC(=O)C=C1c2ccccc2C(=O)N[C@H]1C(C)C. The molecule has 3 N–H and O–H groups in total. The summed E-state index contributed by atoms with van der Waals surface area (Å²) in [6, 6.07) is 5.21. The zero-order chi connectivity index (χ0) is 26.3. The van der Waals surface area contributed by atoms with E-state index in [1.54, 1.807) is 12.1 Å². The van der Waals surface area contributed by atoms with E-state index in [0.29, 0.717) is 29.5 Å². The van der Waals surface area contributed by atoms with Crippen LogP contribution >= 0.6 is 0 Å². The van der Waals surface area contributed by atoms with E-state index < -0.39 is 29.9 Å². The van der Waals surface area contributed by atoms with Crippen LogP contribution < -0.4 is 16.0 Å². The lowest BCUT2D eigenvalue weighted by molar-refractivity contribution is -0.145. The maximum Gasteiger partial charge on any atom is 0.328 e. The molecule has 2 rings (SSSR count). The van der Waals surface area contributed by atoms with Crippen LogP contribution in [0.3, 0.4) is 0 Å². The summed E-state index contributed by atoms with van der Waals surface area (Å²) in [5, 5.41) is 8.56. The topological polar surface area (TPSA) is 114 Å². The van der Waals surface area contributed by atoms with E-state index >= 15 is 0 Å². The van der Waals surface area contributed by atoms with Gasteiger partial charge < -0.3 is 20.7 Å². The number of amides is 3. The van der Waals surface area contributed by atoms with E-state index in [-0.39, 0.29) is 29.7 Å². The number of hydrogen-bond acceptors (Lipinski definition) is 5. The minimum atomic E-state index is -0.829. The predicted octanol–water partition coefficient (Wildman–Crippen LogP) is 3.07. The zero-order valence-electron chi connectivity index (χ0n) is 21.8. The first kappa shape index (κ1) is 28.1. The van der Waals surface area contributed by atoms with Gasteiger partial charge in [0.15, 0.2) is 0 Å². The number of rotatable bonds is 10. The molecule has 0 unspecified atom stereocenters. The molecule has 0 saturated carbocycles. The lowest BCUT2D eigenvalue weighted by atomic mass is 9.84. The Hall–Kier alpha value is -3.16. The van der Waals surface area contributed by atoms with Gasteiger partial charge in [0.2, 0.25) is 11.8 Å². The summed E-state index contributed by atoms with van der Waals surface area (Å²) in [4.78, 5) is 51.0. The van der Waals surface area contributed by atoms with E-state index in [0.717, 1.165) is 0 Å². The van der Waals surface area contributed by atoms with Crippen LogP contribution in [0.4, 0.5) is 0 Å². The fraction of sp³-hybridized carbons (Fsp3) is 0.556. The van der Waals surface area contributed by atoms with E-state index in [1.807, 2.05) is 53.7 Å². The molecule has 192 valence electrons. The van der Waals surface area contributed by atoms with Crippen LogP contribution in [0.5, 0.6) is 0 Å². The Labute approximate surface area is 208 Å². The molecule has 0 saturated heterocycles. The van der Waals surface area contributed by atoms with Gasteiger partial charge >= 0.3 is 5.97 Å². The molecule has 0 radical (unpaired) electrons. The first-order valence-electron chi connectivity index (χ1n) is 12.2. The van der Waals surface area contributed by atoms with Crippen LogP contribution in [0.1, 0.15) is 70.3 Å². The summed E-state index contributed by atoms with van der Waals surface area (Å²) < 4.78 is 4.85. The van der Waals surface area contributed by atoms with Gasteiger partial charge in [-0.25, -0.2) is 4.79 Å². The standard InChI is InChI=1S/C27H39N3O5/c1-15(2)12-21(26(33)29-22(13-16(3)4)27(34)35-7)28-23(31)14-20-18-10-8-9-11-19(18)25(32)30-24(20)17(5)6/h8-11,14-17,21-22,24H,12-13H2,1-7H3,(H,28,31)(H,29,33)(H,30,32)/t21-,22-,24-/m0/s1. The number of benzene rings is 1. The molecule has 3 amide bonds. The third kappa shape index (κ3) is 7.67. The minimum absolute atomic E-state index is 0.0537. The van der Waals surface area contributed by atoms with Crippen molar-refractivity contribution in [1.82, 2.24) is 16.0 Å². The number of hydrogen-bond donors (Lipinski definition) is 3. The molecule has 8 nitrogen and oxygen atoms in total. The molecule has 1 heterocycles. The molecular formula is C27H39N3O5. The normalized spacial score (nSPS) is 18.2. The number of methoxy groups -OCH3 is 1. The van der Waals surface area contributed by atoms with Crippen molar-refractivity contribution < 1.29 is 23.9 Å². The number of ether oxygens (including phenoxy) is 1. The number of fused-ring (bicyclic) bond motifs is 1. The molecule has 1 aliphatic rings. The fourth-order valence-electron chi connectivity index (χ4n) is 4.25. The monoisotopic (exact) mass is 485 g/mol. The fourth-order valence-corrected chi connectivity index (χ4v) is 4.25. The van der Waals surface area contributed by atoms with Gasteiger partial charge in [0.1, 0.15) is 12.1 Å². The van der Waals surface area contributed by atoms with Gasteiger partial charge in [-0.15, -0.1) is 0 Å². The van der Waals surface area contributed by atoms with Crippen molar-refractivity contribution in [2.75, 3.05) is 7.11 Å². The number of carbonyl (C=O) groups excluding carboxylic acids is 4. The summed E-state index contributed by atoms with van der Waals surface area (Å²) in [5.74, 6) is -1.21. The third-order valence-corrected chi connectivity index (χ3v) is 5.91. The summed E-state index contributed by atoms with van der Waals surface area (Å²) in [5.41, 5.74) is 1.91. The predicted molar refractivity (Wildman–Crippen MR) is 135 cm³/mol. The van der Waals surface area contributed by atoms with Crippen LogP contribution in [0.15, 0.2) is 30.3 Å². The summed E-state index contributed by atoms with van der Waals surface area (Å²) in [6.07, 6.45) is 2.30. The Morgan fingerprint density at radius 2 is 1.51 bits per heavy atom. The Bertz CT molecular complexity index is 967. The van der Waals surface area contributed by atoms with Crippen LogP contribution in [0.25, 0.3) is 5.57 Å². The minimum Gasteiger partial charge on any atom is -0.467 e. The highest BCUT2D eigenvalue weighted by atomic mass is 16.5. The Morgan fingerprint density at radius 1 is 0.943 bits per heavy atom. The molecule has 0 aliphatic carbocycles. The lowest BCUT2D eigenvalue weighted by Crippen LogP contribution is -2.52.